The molecule has 0 spiro atoms. The minimum absolute atomic E-state index is 0.0712. The van der Waals surface area contributed by atoms with Crippen molar-refractivity contribution in [2.45, 2.75) is 71.1 Å². The number of benzene rings is 1. The second kappa shape index (κ2) is 10.8. The molecule has 2 heterocycles. The molecule has 208 valence electrons. The molecule has 0 bridgehead atoms. The van der Waals surface area contributed by atoms with Crippen LogP contribution in [0.25, 0.3) is 0 Å². The summed E-state index contributed by atoms with van der Waals surface area (Å²) in [6.45, 7) is 6.18. The van der Waals surface area contributed by atoms with Gasteiger partial charge < -0.3 is 14.6 Å². The summed E-state index contributed by atoms with van der Waals surface area (Å²) >= 11 is 4.57. The Morgan fingerprint density at radius 2 is 1.87 bits per heavy atom. The van der Waals surface area contributed by atoms with E-state index in [0.717, 1.165) is 41.3 Å². The Morgan fingerprint density at radius 3 is 2.47 bits per heavy atom. The van der Waals surface area contributed by atoms with Gasteiger partial charge in [-0.25, -0.2) is 13.4 Å². The first-order valence-corrected chi connectivity index (χ1v) is 15.5. The Morgan fingerprint density at radius 1 is 1.24 bits per heavy atom. The predicted octanol–water partition coefficient (Wildman–Crippen LogP) is 5.53. The topological polar surface area (TPSA) is 113 Å². The second-order valence-electron chi connectivity index (χ2n) is 10.4. The number of carbonyl (C=O) groups excluding carboxylic acids is 1. The number of nitrogens with zero attached hydrogens (tertiary/aromatic N) is 2. The van der Waals surface area contributed by atoms with Gasteiger partial charge in [0.05, 0.1) is 29.1 Å². The van der Waals surface area contributed by atoms with Crippen LogP contribution in [-0.4, -0.2) is 55.0 Å². The van der Waals surface area contributed by atoms with Crippen molar-refractivity contribution in [3.8, 4) is 5.75 Å². The van der Waals surface area contributed by atoms with Gasteiger partial charge in [-0.3, -0.25) is 4.79 Å². The summed E-state index contributed by atoms with van der Waals surface area (Å²) in [5, 5.41) is 10.1. The number of amides is 1. The molecule has 0 radical (unpaired) electrons. The van der Waals surface area contributed by atoms with Crippen LogP contribution in [0.15, 0.2) is 28.1 Å². The summed E-state index contributed by atoms with van der Waals surface area (Å²) in [4.78, 5) is 25.7. The molecule has 1 amide bonds. The molecule has 38 heavy (non-hydrogen) atoms. The van der Waals surface area contributed by atoms with E-state index in [1.807, 2.05) is 18.2 Å². The number of rotatable bonds is 8. The van der Waals surface area contributed by atoms with Crippen LogP contribution in [0.2, 0.25) is 0 Å². The van der Waals surface area contributed by atoms with Gasteiger partial charge >= 0.3 is 16.2 Å². The third-order valence-electron chi connectivity index (χ3n) is 7.37. The Kier molecular flexibility index (Phi) is 8.19. The molecule has 12 heteroatoms. The third-order valence-corrected chi connectivity index (χ3v) is 11.6. The molecule has 2 aromatic rings. The van der Waals surface area contributed by atoms with E-state index in [1.54, 1.807) is 20.1 Å². The molecule has 1 atom stereocenters. The number of carbonyl (C=O) groups is 2. The van der Waals surface area contributed by atoms with Crippen molar-refractivity contribution in [1.82, 2.24) is 4.31 Å². The van der Waals surface area contributed by atoms with Crippen LogP contribution in [-0.2, 0) is 19.7 Å². The van der Waals surface area contributed by atoms with Crippen LogP contribution in [0.5, 0.6) is 5.75 Å². The normalized spacial score (nSPS) is 22.2. The van der Waals surface area contributed by atoms with E-state index in [2.05, 4.69) is 22.9 Å². The van der Waals surface area contributed by atoms with Crippen LogP contribution in [0.4, 0.5) is 5.00 Å². The number of methoxy groups -OCH3 is 1. The van der Waals surface area contributed by atoms with Crippen molar-refractivity contribution < 1.29 is 32.6 Å². The van der Waals surface area contributed by atoms with Gasteiger partial charge in [0, 0.05) is 5.56 Å². The minimum Gasteiger partial charge on any atom is -0.496 e. The Hall–Kier alpha value is -2.15. The van der Waals surface area contributed by atoms with Crippen molar-refractivity contribution in [1.29, 1.82) is 0 Å². The molecule has 9 nitrogen and oxygen atoms in total. The summed E-state index contributed by atoms with van der Waals surface area (Å²) < 4.78 is 42.6. The van der Waals surface area contributed by atoms with Gasteiger partial charge in [-0.1, -0.05) is 25.1 Å². The van der Waals surface area contributed by atoms with E-state index < -0.39 is 33.7 Å². The molecule has 2 aliphatic rings. The highest BCUT2D eigenvalue weighted by atomic mass is 79.9. The van der Waals surface area contributed by atoms with Gasteiger partial charge in [-0.2, -0.15) is 8.42 Å². The molecule has 1 aliphatic heterocycles. The molecule has 1 N–H and O–H groups in total. The zero-order valence-electron chi connectivity index (χ0n) is 22.1. The van der Waals surface area contributed by atoms with Crippen LogP contribution < -0.4 is 9.04 Å². The Balaban J connectivity index is 1.84. The maximum absolute atomic E-state index is 14.1. The first-order valence-electron chi connectivity index (χ1n) is 12.5. The molecule has 0 unspecified atom stereocenters. The highest BCUT2D eigenvalue weighted by Gasteiger charge is 2.54. The lowest BCUT2D eigenvalue weighted by atomic mass is 9.88. The van der Waals surface area contributed by atoms with E-state index in [-0.39, 0.29) is 23.2 Å². The number of aliphatic carboxylic acids is 1. The lowest BCUT2D eigenvalue weighted by molar-refractivity contribution is -0.145. The number of carboxylic acids is 1. The van der Waals surface area contributed by atoms with Crippen molar-refractivity contribution in [3.05, 3.63) is 44.7 Å². The highest BCUT2D eigenvalue weighted by Crippen LogP contribution is 2.47. The Labute approximate surface area is 236 Å². The zero-order chi connectivity index (χ0) is 28.0. The zero-order valence-corrected chi connectivity index (χ0v) is 25.3. The fraction of sp³-hybridized carbons (Fsp3) is 0.538. The molecule has 1 fully saturated rings. The van der Waals surface area contributed by atoms with E-state index >= 15 is 0 Å². The maximum atomic E-state index is 14.1. The minimum atomic E-state index is -4.60. The summed E-state index contributed by atoms with van der Waals surface area (Å²) in [5.74, 6) is -1.13. The van der Waals surface area contributed by atoms with E-state index in [1.165, 1.54) is 13.8 Å². The summed E-state index contributed by atoms with van der Waals surface area (Å²) in [5.41, 5.74) is -0.625. The fourth-order valence-electron chi connectivity index (χ4n) is 5.01. The van der Waals surface area contributed by atoms with Gasteiger partial charge in [-0.15, -0.1) is 11.3 Å². The predicted molar refractivity (Wildman–Crippen MR) is 149 cm³/mol. The smallest absolute Gasteiger partial charge is 0.330 e. The monoisotopic (exact) mass is 628 g/mol. The summed E-state index contributed by atoms with van der Waals surface area (Å²) in [7, 11) is -3.06. The second-order valence-corrected chi connectivity index (χ2v) is 14.4. The van der Waals surface area contributed by atoms with Crippen molar-refractivity contribution in [2.75, 3.05) is 18.0 Å². The summed E-state index contributed by atoms with van der Waals surface area (Å²) in [6.07, 6.45) is 2.94. The molecule has 1 aromatic carbocycles. The van der Waals surface area contributed by atoms with Gasteiger partial charge in [0.15, 0.2) is 5.54 Å². The third kappa shape index (κ3) is 5.07. The van der Waals surface area contributed by atoms with Crippen LogP contribution in [0.3, 0.4) is 0 Å². The lowest BCUT2D eigenvalue weighted by Crippen LogP contribution is -2.62. The SMILES string of the molecule is COc1ccccc1[C@H](CN1c2sc(Br)c(C)c2C(=O)N(C(C)(C)C(=O)O)S1(=O)=O)O[C@H]1CC[C@@H](C)CC1. The molecule has 1 saturated carbocycles. The average Bonchev–Trinajstić information content (AvgIpc) is 3.15. The van der Waals surface area contributed by atoms with E-state index in [9.17, 15) is 23.1 Å². The number of carboxylic acid groups (broad SMARTS) is 1. The lowest BCUT2D eigenvalue weighted by Gasteiger charge is -2.42. The number of fused-ring (bicyclic) bond motifs is 1. The molecule has 1 aliphatic carbocycles. The van der Waals surface area contributed by atoms with Gasteiger partial charge in [0.25, 0.3) is 5.91 Å². The standard InChI is InChI=1S/C26H33BrN2O7S2/c1-15-10-12-17(13-11-15)36-20(18-8-6-7-9-19(18)35-5)14-28-24-21(16(2)22(27)37-24)23(30)29(38(28,33)34)26(3,4)25(31)32/h6-9,15,17,20H,10-14H2,1-5H3,(H,31,32)/t15-,17+,20-/m0/s1. The molecular formula is C26H33BrN2O7S2. The first-order chi connectivity index (χ1) is 17.8. The van der Waals surface area contributed by atoms with Crippen LogP contribution in [0, 0.1) is 12.8 Å². The average molecular weight is 630 g/mol. The number of ether oxygens (including phenoxy) is 2. The number of thiophene rings is 1. The number of para-hydroxylation sites is 1. The van der Waals surface area contributed by atoms with E-state index in [0.29, 0.717) is 30.9 Å². The highest BCUT2D eigenvalue weighted by molar-refractivity contribution is 9.11. The van der Waals surface area contributed by atoms with Gasteiger partial charge in [0.2, 0.25) is 0 Å². The number of halogens is 1. The van der Waals surface area contributed by atoms with Crippen molar-refractivity contribution in [2.24, 2.45) is 5.92 Å². The molecular weight excluding hydrogens is 596 g/mol. The van der Waals surface area contributed by atoms with Crippen molar-refractivity contribution >= 4 is 54.4 Å². The van der Waals surface area contributed by atoms with Crippen LogP contribution in [0.1, 0.15) is 74.0 Å². The number of hydrogen-bond donors (Lipinski definition) is 1. The number of anilines is 1. The molecule has 4 rings (SSSR count). The Bertz CT molecular complexity index is 1330. The van der Waals surface area contributed by atoms with Gasteiger partial charge in [-0.05, 0) is 79.9 Å². The fourth-order valence-corrected chi connectivity index (χ4v) is 8.78. The number of hydrogen-bond acceptors (Lipinski definition) is 7. The maximum Gasteiger partial charge on any atom is 0.330 e. The van der Waals surface area contributed by atoms with Gasteiger partial charge in [0.1, 0.15) is 16.9 Å². The molecule has 0 saturated heterocycles. The van der Waals surface area contributed by atoms with Crippen molar-refractivity contribution in [3.63, 3.8) is 0 Å². The van der Waals surface area contributed by atoms with E-state index in [4.69, 9.17) is 9.47 Å². The first kappa shape index (κ1) is 28.8. The quantitative estimate of drug-likeness (QED) is 0.408. The largest absolute Gasteiger partial charge is 0.496 e. The van der Waals surface area contributed by atoms with Crippen LogP contribution >= 0.6 is 27.3 Å². The molecule has 1 aromatic heterocycles. The summed E-state index contributed by atoms with van der Waals surface area (Å²) in [6, 6.07) is 7.29.